The zero-order chi connectivity index (χ0) is 20.4. The van der Waals surface area contributed by atoms with Gasteiger partial charge in [0.2, 0.25) is 4.96 Å². The molecular formula is C21H17N3O4S. The lowest BCUT2D eigenvalue weighted by Gasteiger charge is -2.06. The van der Waals surface area contributed by atoms with Gasteiger partial charge in [-0.3, -0.25) is 9.59 Å². The third kappa shape index (κ3) is 3.74. The van der Waals surface area contributed by atoms with Crippen molar-refractivity contribution < 1.29 is 9.47 Å². The van der Waals surface area contributed by atoms with Gasteiger partial charge in [-0.15, -0.1) is 0 Å². The average molecular weight is 407 g/mol. The van der Waals surface area contributed by atoms with E-state index in [-0.39, 0.29) is 16.2 Å². The molecule has 2 aromatic carbocycles. The van der Waals surface area contributed by atoms with Crippen molar-refractivity contribution in [3.63, 3.8) is 0 Å². The molecule has 4 aromatic rings. The number of fused-ring (bicyclic) bond motifs is 1. The molecular weight excluding hydrogens is 390 g/mol. The number of hydrogen-bond acceptors (Lipinski definition) is 7. The minimum Gasteiger partial charge on any atom is -0.497 e. The van der Waals surface area contributed by atoms with Gasteiger partial charge in [-0.25, -0.2) is 0 Å². The number of nitrogens with zero attached hydrogens (tertiary/aromatic N) is 3. The first kappa shape index (κ1) is 18.8. The van der Waals surface area contributed by atoms with Gasteiger partial charge < -0.3 is 9.47 Å². The quantitative estimate of drug-likeness (QED) is 0.501. The molecule has 2 aromatic heterocycles. The maximum Gasteiger partial charge on any atom is 0.296 e. The molecule has 0 aliphatic rings. The van der Waals surface area contributed by atoms with Crippen LogP contribution in [0.25, 0.3) is 11.0 Å². The lowest BCUT2D eigenvalue weighted by molar-refractivity contribution is 0.393. The highest BCUT2D eigenvalue weighted by Gasteiger charge is 2.12. The second kappa shape index (κ2) is 7.84. The highest BCUT2D eigenvalue weighted by Crippen LogP contribution is 2.25. The third-order valence-electron chi connectivity index (χ3n) is 4.39. The van der Waals surface area contributed by atoms with E-state index in [1.54, 1.807) is 38.5 Å². The Balaban J connectivity index is 1.82. The minimum absolute atomic E-state index is 0.233. The number of rotatable bonds is 5. The fourth-order valence-corrected chi connectivity index (χ4v) is 3.82. The van der Waals surface area contributed by atoms with Crippen LogP contribution in [0.2, 0.25) is 0 Å². The van der Waals surface area contributed by atoms with Crippen LogP contribution in [0, 0.1) is 0 Å². The van der Waals surface area contributed by atoms with Crippen LogP contribution >= 0.6 is 11.3 Å². The molecule has 0 spiro atoms. The molecule has 8 heteroatoms. The van der Waals surface area contributed by atoms with Gasteiger partial charge in [-0.2, -0.15) is 14.6 Å². The molecule has 0 saturated heterocycles. The molecule has 0 N–H and O–H groups in total. The molecule has 0 saturated carbocycles. The van der Waals surface area contributed by atoms with Crippen molar-refractivity contribution in [1.29, 1.82) is 0 Å². The fraction of sp³-hybridized carbons (Fsp3) is 0.143. The van der Waals surface area contributed by atoms with Crippen LogP contribution in [-0.4, -0.2) is 28.8 Å². The zero-order valence-electron chi connectivity index (χ0n) is 15.8. The van der Waals surface area contributed by atoms with Gasteiger partial charge >= 0.3 is 0 Å². The maximum absolute atomic E-state index is 12.8. The molecule has 0 radical (unpaired) electrons. The molecule has 0 fully saturated rings. The van der Waals surface area contributed by atoms with Crippen molar-refractivity contribution in [1.82, 2.24) is 14.6 Å². The number of aromatic nitrogens is 3. The summed E-state index contributed by atoms with van der Waals surface area (Å²) in [5.41, 5.74) is 1.12. The Morgan fingerprint density at radius 3 is 2.59 bits per heavy atom. The van der Waals surface area contributed by atoms with Gasteiger partial charge in [0.1, 0.15) is 17.2 Å². The highest BCUT2D eigenvalue weighted by molar-refractivity contribution is 7.15. The zero-order valence-corrected chi connectivity index (χ0v) is 16.6. The first-order valence-electron chi connectivity index (χ1n) is 8.79. The normalized spacial score (nSPS) is 11.7. The van der Waals surface area contributed by atoms with Crippen molar-refractivity contribution in [3.8, 4) is 11.5 Å². The van der Waals surface area contributed by atoms with Crippen LogP contribution in [0.3, 0.4) is 0 Å². The predicted octanol–water partition coefficient (Wildman–Crippen LogP) is 1.67. The number of hydrogen-bond donors (Lipinski definition) is 0. The Hall–Kier alpha value is -3.52. The molecule has 146 valence electrons. The van der Waals surface area contributed by atoms with Crippen molar-refractivity contribution in [2.24, 2.45) is 0 Å². The predicted molar refractivity (Wildman–Crippen MR) is 111 cm³/mol. The summed E-state index contributed by atoms with van der Waals surface area (Å²) in [5.74, 6) is 1.22. The second-order valence-corrected chi connectivity index (χ2v) is 7.25. The van der Waals surface area contributed by atoms with E-state index in [0.29, 0.717) is 28.0 Å². The molecule has 0 unspecified atom stereocenters. The topological polar surface area (TPSA) is 82.8 Å². The van der Waals surface area contributed by atoms with Gasteiger partial charge in [0.05, 0.1) is 18.8 Å². The van der Waals surface area contributed by atoms with Crippen molar-refractivity contribution in [2.75, 3.05) is 14.2 Å². The summed E-state index contributed by atoms with van der Waals surface area (Å²) >= 11 is 1.11. The molecule has 0 amide bonds. The average Bonchev–Trinajstić information content (AvgIpc) is 3.04. The lowest BCUT2D eigenvalue weighted by atomic mass is 10.1. The van der Waals surface area contributed by atoms with E-state index in [4.69, 9.17) is 9.47 Å². The van der Waals surface area contributed by atoms with Crippen molar-refractivity contribution in [2.45, 2.75) is 6.42 Å². The minimum atomic E-state index is -0.427. The van der Waals surface area contributed by atoms with E-state index in [0.717, 1.165) is 16.9 Å². The summed E-state index contributed by atoms with van der Waals surface area (Å²) in [7, 11) is 3.12. The van der Waals surface area contributed by atoms with Gasteiger partial charge in [0.15, 0.2) is 0 Å². The molecule has 0 bridgehead atoms. The van der Waals surface area contributed by atoms with Gasteiger partial charge in [0, 0.05) is 18.1 Å². The summed E-state index contributed by atoms with van der Waals surface area (Å²) in [6.07, 6.45) is 2.01. The molecule has 0 aliphatic carbocycles. The summed E-state index contributed by atoms with van der Waals surface area (Å²) < 4.78 is 12.2. The summed E-state index contributed by atoms with van der Waals surface area (Å²) in [5, 5.41) is 4.27. The Bertz CT molecular complexity index is 1350. The van der Waals surface area contributed by atoms with Gasteiger partial charge in [-0.05, 0) is 23.8 Å². The van der Waals surface area contributed by atoms with Crippen LogP contribution < -0.4 is 25.1 Å². The van der Waals surface area contributed by atoms with Crippen molar-refractivity contribution in [3.05, 3.63) is 90.6 Å². The maximum atomic E-state index is 12.8. The van der Waals surface area contributed by atoms with E-state index in [1.807, 2.05) is 30.3 Å². The Kier molecular flexibility index (Phi) is 5.09. The molecule has 4 rings (SSSR count). The SMILES string of the molecule is COc1ccc(C=c2sc3nc(=O)c(Cc4ccccc4)nn3c2=O)c(OC)c1. The molecule has 2 heterocycles. The van der Waals surface area contributed by atoms with E-state index in [1.165, 1.54) is 4.52 Å². The van der Waals surface area contributed by atoms with Crippen LogP contribution in [-0.2, 0) is 6.42 Å². The van der Waals surface area contributed by atoms with Gasteiger partial charge in [0.25, 0.3) is 11.1 Å². The van der Waals surface area contributed by atoms with E-state index >= 15 is 0 Å². The van der Waals surface area contributed by atoms with E-state index in [2.05, 4.69) is 10.1 Å². The van der Waals surface area contributed by atoms with Crippen LogP contribution in [0.15, 0.2) is 58.1 Å². The third-order valence-corrected chi connectivity index (χ3v) is 5.35. The monoisotopic (exact) mass is 407 g/mol. The molecule has 0 aliphatic heterocycles. The molecule has 7 nitrogen and oxygen atoms in total. The van der Waals surface area contributed by atoms with Crippen LogP contribution in [0.4, 0.5) is 0 Å². The van der Waals surface area contributed by atoms with Crippen molar-refractivity contribution >= 4 is 22.4 Å². The second-order valence-electron chi connectivity index (χ2n) is 6.24. The fourth-order valence-electron chi connectivity index (χ4n) is 2.92. The lowest BCUT2D eigenvalue weighted by Crippen LogP contribution is -2.28. The summed E-state index contributed by atoms with van der Waals surface area (Å²) in [6, 6.07) is 14.8. The standard InChI is InChI=1S/C21H17N3O4S/c1-27-15-9-8-14(17(12-15)28-2)11-18-20(26)24-21(29-18)22-19(25)16(23-24)10-13-6-4-3-5-7-13/h3-9,11-12H,10H2,1-2H3. The smallest absolute Gasteiger partial charge is 0.296 e. The van der Waals surface area contributed by atoms with E-state index < -0.39 is 5.56 Å². The molecule has 29 heavy (non-hydrogen) atoms. The molecule has 0 atom stereocenters. The van der Waals surface area contributed by atoms with E-state index in [9.17, 15) is 9.59 Å². The first-order valence-corrected chi connectivity index (χ1v) is 9.61. The number of benzene rings is 2. The van der Waals surface area contributed by atoms with Crippen LogP contribution in [0.5, 0.6) is 11.5 Å². The summed E-state index contributed by atoms with van der Waals surface area (Å²) in [4.78, 5) is 29.5. The highest BCUT2D eigenvalue weighted by atomic mass is 32.1. The van der Waals surface area contributed by atoms with Crippen LogP contribution in [0.1, 0.15) is 16.8 Å². The summed E-state index contributed by atoms with van der Waals surface area (Å²) in [6.45, 7) is 0. The number of ether oxygens (including phenoxy) is 2. The largest absolute Gasteiger partial charge is 0.497 e. The number of methoxy groups -OCH3 is 2. The Morgan fingerprint density at radius 1 is 1.07 bits per heavy atom. The Labute approximate surface area is 169 Å². The van der Waals surface area contributed by atoms with Gasteiger partial charge in [-0.1, -0.05) is 41.7 Å². The Morgan fingerprint density at radius 2 is 1.86 bits per heavy atom. The first-order chi connectivity index (χ1) is 14.1. The number of thiazole rings is 1.